The molecule has 2 aliphatic rings. The van der Waals surface area contributed by atoms with Gasteiger partial charge in [-0.3, -0.25) is 9.36 Å². The van der Waals surface area contributed by atoms with Crippen molar-refractivity contribution in [2.45, 2.75) is 66.2 Å². The highest BCUT2D eigenvalue weighted by molar-refractivity contribution is 7.07. The van der Waals surface area contributed by atoms with Gasteiger partial charge in [0.15, 0.2) is 4.80 Å². The quantitative estimate of drug-likeness (QED) is 0.466. The lowest BCUT2D eigenvalue weighted by molar-refractivity contribution is -0.139. The zero-order valence-corrected chi connectivity index (χ0v) is 22.9. The number of nitrogens with zero attached hydrogens (tertiary/aromatic N) is 3. The summed E-state index contributed by atoms with van der Waals surface area (Å²) in [5.41, 5.74) is 6.04. The van der Waals surface area contributed by atoms with Crippen LogP contribution in [0.3, 0.4) is 0 Å². The van der Waals surface area contributed by atoms with Gasteiger partial charge >= 0.3 is 5.97 Å². The van der Waals surface area contributed by atoms with Crippen LogP contribution in [0.4, 0.5) is 0 Å². The number of allylic oxidation sites excluding steroid dienone is 1. The van der Waals surface area contributed by atoms with E-state index in [9.17, 15) is 9.59 Å². The number of benzene rings is 1. The Labute approximate surface area is 220 Å². The molecule has 194 valence electrons. The van der Waals surface area contributed by atoms with E-state index >= 15 is 0 Å². The molecule has 1 fully saturated rings. The van der Waals surface area contributed by atoms with Crippen LogP contribution in [-0.4, -0.2) is 34.4 Å². The summed E-state index contributed by atoms with van der Waals surface area (Å²) in [7, 11) is 0. The lowest BCUT2D eigenvalue weighted by Crippen LogP contribution is -2.39. The zero-order chi connectivity index (χ0) is 26.3. The van der Waals surface area contributed by atoms with Gasteiger partial charge in [-0.25, -0.2) is 9.79 Å². The highest BCUT2D eigenvalue weighted by Crippen LogP contribution is 2.31. The van der Waals surface area contributed by atoms with Crippen LogP contribution in [0, 0.1) is 20.8 Å². The monoisotopic (exact) mass is 519 g/mol. The van der Waals surface area contributed by atoms with Gasteiger partial charge in [0.2, 0.25) is 0 Å². The summed E-state index contributed by atoms with van der Waals surface area (Å²) in [6, 6.07) is 9.44. The Bertz CT molecular complexity index is 1550. The summed E-state index contributed by atoms with van der Waals surface area (Å²) < 4.78 is 15.7. The Kier molecular flexibility index (Phi) is 7.05. The molecule has 37 heavy (non-hydrogen) atoms. The maximum Gasteiger partial charge on any atom is 0.338 e. The van der Waals surface area contributed by atoms with Gasteiger partial charge in [0.05, 0.1) is 34.6 Å². The molecule has 7 nitrogen and oxygen atoms in total. The van der Waals surface area contributed by atoms with Crippen molar-refractivity contribution in [1.29, 1.82) is 0 Å². The molecule has 5 rings (SSSR count). The first-order chi connectivity index (χ1) is 17.8. The largest absolute Gasteiger partial charge is 0.463 e. The lowest BCUT2D eigenvalue weighted by Gasteiger charge is -2.24. The highest BCUT2D eigenvalue weighted by atomic mass is 32.1. The van der Waals surface area contributed by atoms with E-state index in [0.717, 1.165) is 54.1 Å². The average molecular weight is 520 g/mol. The van der Waals surface area contributed by atoms with E-state index in [0.29, 0.717) is 20.6 Å². The van der Waals surface area contributed by atoms with Crippen LogP contribution in [0.25, 0.3) is 6.08 Å². The molecule has 0 spiro atoms. The second kappa shape index (κ2) is 10.3. The van der Waals surface area contributed by atoms with Crippen LogP contribution in [0.5, 0.6) is 0 Å². The second-order valence-corrected chi connectivity index (χ2v) is 10.8. The molecule has 0 aliphatic carbocycles. The van der Waals surface area contributed by atoms with Crippen LogP contribution in [-0.2, 0) is 20.8 Å². The predicted octanol–water partition coefficient (Wildman–Crippen LogP) is 3.70. The fourth-order valence-corrected chi connectivity index (χ4v) is 6.28. The molecule has 0 N–H and O–H groups in total. The van der Waals surface area contributed by atoms with Crippen molar-refractivity contribution in [2.24, 2.45) is 4.99 Å². The number of ether oxygens (including phenoxy) is 2. The summed E-state index contributed by atoms with van der Waals surface area (Å²) in [5.74, 6) is -0.443. The van der Waals surface area contributed by atoms with Crippen LogP contribution in [0.2, 0.25) is 0 Å². The Hall–Kier alpha value is -3.23. The van der Waals surface area contributed by atoms with E-state index < -0.39 is 12.0 Å². The first-order valence-electron chi connectivity index (χ1n) is 12.8. The van der Waals surface area contributed by atoms with E-state index in [-0.39, 0.29) is 18.3 Å². The standard InChI is InChI=1S/C29H33N3O4S/c1-6-35-28(34)25-19(4)30-29-32(26(25)21-11-9-17(2)10-12-21)27(33)24(37-29)15-22-14-18(3)31(20(22)5)16-23-8-7-13-36-23/h9-12,14-15,23,26H,6-8,13,16H2,1-5H3/b24-15-/t23-,26+/m0/s1. The highest BCUT2D eigenvalue weighted by Gasteiger charge is 2.33. The molecule has 0 amide bonds. The van der Waals surface area contributed by atoms with Crippen LogP contribution in [0.15, 0.2) is 51.4 Å². The minimum atomic E-state index is -0.593. The number of hydrogen-bond donors (Lipinski definition) is 0. The Balaban J connectivity index is 1.63. The molecular formula is C29H33N3O4S. The number of thiazole rings is 1. The van der Waals surface area contributed by atoms with Crippen LogP contribution in [0.1, 0.15) is 60.8 Å². The number of carbonyl (C=O) groups is 1. The third-order valence-corrected chi connectivity index (χ3v) is 8.20. The summed E-state index contributed by atoms with van der Waals surface area (Å²) >= 11 is 1.35. The van der Waals surface area contributed by atoms with Crippen molar-refractivity contribution in [3.8, 4) is 0 Å². The molecule has 2 atom stereocenters. The van der Waals surface area contributed by atoms with E-state index in [2.05, 4.69) is 29.5 Å². The lowest BCUT2D eigenvalue weighted by atomic mass is 9.95. The number of hydrogen-bond acceptors (Lipinski definition) is 6. The molecule has 0 bridgehead atoms. The predicted molar refractivity (Wildman–Crippen MR) is 144 cm³/mol. The van der Waals surface area contributed by atoms with E-state index in [4.69, 9.17) is 9.47 Å². The fourth-order valence-electron chi connectivity index (χ4n) is 5.24. The smallest absolute Gasteiger partial charge is 0.338 e. The van der Waals surface area contributed by atoms with Crippen molar-refractivity contribution in [3.63, 3.8) is 0 Å². The number of esters is 1. The Morgan fingerprint density at radius 3 is 2.65 bits per heavy atom. The zero-order valence-electron chi connectivity index (χ0n) is 22.0. The van der Waals surface area contributed by atoms with Crippen molar-refractivity contribution in [3.05, 3.63) is 89.4 Å². The third kappa shape index (κ3) is 4.76. The molecule has 2 aliphatic heterocycles. The van der Waals surface area contributed by atoms with Gasteiger partial charge in [0, 0.05) is 24.5 Å². The van der Waals surface area contributed by atoms with Gasteiger partial charge in [-0.1, -0.05) is 41.2 Å². The summed E-state index contributed by atoms with van der Waals surface area (Å²) in [6.07, 6.45) is 4.37. The Morgan fingerprint density at radius 1 is 1.22 bits per heavy atom. The van der Waals surface area contributed by atoms with Crippen molar-refractivity contribution in [1.82, 2.24) is 9.13 Å². The van der Waals surface area contributed by atoms with Gasteiger partial charge in [0.25, 0.3) is 5.56 Å². The van der Waals surface area contributed by atoms with Gasteiger partial charge in [-0.2, -0.15) is 0 Å². The molecule has 3 aromatic rings. The fraction of sp³-hybridized carbons (Fsp3) is 0.414. The van der Waals surface area contributed by atoms with E-state index in [1.54, 1.807) is 11.5 Å². The van der Waals surface area contributed by atoms with Crippen LogP contribution < -0.4 is 14.9 Å². The normalized spacial score (nSPS) is 19.8. The van der Waals surface area contributed by atoms with Gasteiger partial charge in [-0.05, 0) is 70.7 Å². The van der Waals surface area contributed by atoms with Crippen LogP contribution >= 0.6 is 11.3 Å². The third-order valence-electron chi connectivity index (χ3n) is 7.22. The minimum Gasteiger partial charge on any atom is -0.463 e. The number of aryl methyl sites for hydroxylation is 2. The van der Waals surface area contributed by atoms with Gasteiger partial charge in [0.1, 0.15) is 0 Å². The number of fused-ring (bicyclic) bond motifs is 1. The maximum absolute atomic E-state index is 13.9. The molecule has 8 heteroatoms. The van der Waals surface area contributed by atoms with Gasteiger partial charge in [-0.15, -0.1) is 0 Å². The molecular weight excluding hydrogens is 486 g/mol. The number of rotatable bonds is 6. The summed E-state index contributed by atoms with van der Waals surface area (Å²) in [4.78, 5) is 32.2. The maximum atomic E-state index is 13.9. The molecule has 0 radical (unpaired) electrons. The summed E-state index contributed by atoms with van der Waals surface area (Å²) in [6.45, 7) is 11.7. The first kappa shape index (κ1) is 25.4. The second-order valence-electron chi connectivity index (χ2n) is 9.79. The van der Waals surface area contributed by atoms with E-state index in [1.807, 2.05) is 44.2 Å². The minimum absolute atomic E-state index is 0.160. The number of carbonyl (C=O) groups excluding carboxylic acids is 1. The first-order valence-corrected chi connectivity index (χ1v) is 13.6. The SMILES string of the molecule is CCOC(=O)C1=C(C)N=c2s/c(=C\c3cc(C)n(C[C@@H]4CCCO4)c3C)c(=O)n2[C@@H]1c1ccc(C)cc1. The Morgan fingerprint density at radius 2 is 1.97 bits per heavy atom. The topological polar surface area (TPSA) is 74.8 Å². The van der Waals surface area contributed by atoms with E-state index in [1.165, 1.54) is 11.3 Å². The van der Waals surface area contributed by atoms with Crippen molar-refractivity contribution >= 4 is 23.4 Å². The van der Waals surface area contributed by atoms with Crippen molar-refractivity contribution < 1.29 is 14.3 Å². The molecule has 4 heterocycles. The molecule has 1 aromatic carbocycles. The van der Waals surface area contributed by atoms with Gasteiger partial charge < -0.3 is 14.0 Å². The van der Waals surface area contributed by atoms with Crippen molar-refractivity contribution in [2.75, 3.05) is 13.2 Å². The molecule has 0 saturated carbocycles. The average Bonchev–Trinajstić information content (AvgIpc) is 3.55. The molecule has 2 aromatic heterocycles. The molecule has 1 saturated heterocycles. The molecule has 0 unspecified atom stereocenters. The summed E-state index contributed by atoms with van der Waals surface area (Å²) in [5, 5.41) is 0. The number of aromatic nitrogens is 2.